The summed E-state index contributed by atoms with van der Waals surface area (Å²) in [6, 6.07) is 2.71. The highest BCUT2D eigenvalue weighted by Gasteiger charge is 2.41. The number of aryl methyl sites for hydroxylation is 1. The smallest absolute Gasteiger partial charge is 0.122 e. The molecule has 0 radical (unpaired) electrons. The number of ether oxygens (including phenoxy) is 1. The van der Waals surface area contributed by atoms with E-state index in [1.807, 2.05) is 6.20 Å². The SMILES string of the molecule is Cc1cnc2c(c1)N(C)C1CCOC21. The second-order valence-electron chi connectivity index (χ2n) is 4.18. The van der Waals surface area contributed by atoms with Crippen LogP contribution in [0, 0.1) is 6.92 Å². The van der Waals surface area contributed by atoms with Crippen molar-refractivity contribution < 1.29 is 4.74 Å². The van der Waals surface area contributed by atoms with Gasteiger partial charge in [-0.3, -0.25) is 4.98 Å². The third-order valence-electron chi connectivity index (χ3n) is 3.24. The molecule has 14 heavy (non-hydrogen) atoms. The minimum atomic E-state index is 0.218. The number of rotatable bonds is 0. The molecule has 0 bridgehead atoms. The van der Waals surface area contributed by atoms with Crippen LogP contribution in [0.5, 0.6) is 0 Å². The van der Waals surface area contributed by atoms with E-state index in [9.17, 15) is 0 Å². The van der Waals surface area contributed by atoms with Gasteiger partial charge in [-0.05, 0) is 25.0 Å². The van der Waals surface area contributed by atoms with Crippen LogP contribution in [-0.2, 0) is 4.74 Å². The van der Waals surface area contributed by atoms with Crippen LogP contribution in [-0.4, -0.2) is 24.7 Å². The van der Waals surface area contributed by atoms with Gasteiger partial charge in [-0.25, -0.2) is 0 Å². The Morgan fingerprint density at radius 1 is 1.57 bits per heavy atom. The first-order valence-electron chi connectivity index (χ1n) is 5.08. The standard InChI is InChI=1S/C11H14N2O/c1-7-5-9-10(12-6-7)11-8(13(9)2)3-4-14-11/h5-6,8,11H,3-4H2,1-2H3. The Labute approximate surface area is 83.7 Å². The Morgan fingerprint density at radius 3 is 3.29 bits per heavy atom. The van der Waals surface area contributed by atoms with Crippen LogP contribution in [0.1, 0.15) is 23.8 Å². The van der Waals surface area contributed by atoms with Crippen molar-refractivity contribution in [2.75, 3.05) is 18.6 Å². The average Bonchev–Trinajstić information content (AvgIpc) is 2.72. The normalized spacial score (nSPS) is 29.1. The Hall–Kier alpha value is -1.09. The molecule has 0 saturated carbocycles. The van der Waals surface area contributed by atoms with Gasteiger partial charge in [0.25, 0.3) is 0 Å². The fourth-order valence-corrected chi connectivity index (χ4v) is 2.48. The highest BCUT2D eigenvalue weighted by Crippen LogP contribution is 2.44. The molecule has 3 rings (SSSR count). The predicted octanol–water partition coefficient (Wildman–Crippen LogP) is 1.67. The van der Waals surface area contributed by atoms with Gasteiger partial charge in [0.15, 0.2) is 0 Å². The molecule has 1 fully saturated rings. The van der Waals surface area contributed by atoms with Crippen LogP contribution in [0.15, 0.2) is 12.3 Å². The summed E-state index contributed by atoms with van der Waals surface area (Å²) in [5.41, 5.74) is 3.59. The van der Waals surface area contributed by atoms with Crippen molar-refractivity contribution >= 4 is 5.69 Å². The van der Waals surface area contributed by atoms with E-state index in [2.05, 4.69) is 29.9 Å². The van der Waals surface area contributed by atoms with Crippen molar-refractivity contribution in [1.82, 2.24) is 4.98 Å². The van der Waals surface area contributed by atoms with Gasteiger partial charge in [0.2, 0.25) is 0 Å². The van der Waals surface area contributed by atoms with Gasteiger partial charge >= 0.3 is 0 Å². The van der Waals surface area contributed by atoms with Crippen molar-refractivity contribution in [2.24, 2.45) is 0 Å². The van der Waals surface area contributed by atoms with Crippen LogP contribution >= 0.6 is 0 Å². The molecule has 0 aliphatic carbocycles. The third-order valence-corrected chi connectivity index (χ3v) is 3.24. The molecule has 3 heteroatoms. The minimum Gasteiger partial charge on any atom is -0.370 e. The molecule has 1 aromatic heterocycles. The molecular weight excluding hydrogens is 176 g/mol. The fourth-order valence-electron chi connectivity index (χ4n) is 2.48. The molecule has 2 aliphatic heterocycles. The first-order valence-corrected chi connectivity index (χ1v) is 5.08. The summed E-state index contributed by atoms with van der Waals surface area (Å²) in [5.74, 6) is 0. The Morgan fingerprint density at radius 2 is 2.43 bits per heavy atom. The van der Waals surface area contributed by atoms with Crippen LogP contribution < -0.4 is 4.90 Å². The van der Waals surface area contributed by atoms with Crippen molar-refractivity contribution in [1.29, 1.82) is 0 Å². The van der Waals surface area contributed by atoms with E-state index < -0.39 is 0 Å². The summed E-state index contributed by atoms with van der Waals surface area (Å²) in [4.78, 5) is 6.80. The Kier molecular flexibility index (Phi) is 1.59. The number of likely N-dealkylation sites (N-methyl/N-ethyl adjacent to an activating group) is 1. The van der Waals surface area contributed by atoms with E-state index in [0.29, 0.717) is 6.04 Å². The van der Waals surface area contributed by atoms with E-state index in [1.165, 1.54) is 11.3 Å². The highest BCUT2D eigenvalue weighted by molar-refractivity contribution is 5.59. The molecule has 0 amide bonds. The zero-order valence-corrected chi connectivity index (χ0v) is 8.53. The summed E-state index contributed by atoms with van der Waals surface area (Å²) >= 11 is 0. The second kappa shape index (κ2) is 2.70. The molecule has 2 atom stereocenters. The Balaban J connectivity index is 2.13. The van der Waals surface area contributed by atoms with Gasteiger partial charge in [-0.2, -0.15) is 0 Å². The summed E-state index contributed by atoms with van der Waals surface area (Å²) in [7, 11) is 2.14. The molecular formula is C11H14N2O. The van der Waals surface area contributed by atoms with E-state index >= 15 is 0 Å². The number of pyridine rings is 1. The molecule has 3 nitrogen and oxygen atoms in total. The molecule has 3 heterocycles. The molecule has 0 spiro atoms. The largest absolute Gasteiger partial charge is 0.370 e. The molecule has 0 aromatic carbocycles. The molecule has 74 valence electrons. The summed E-state index contributed by atoms with van der Waals surface area (Å²) in [6.45, 7) is 2.95. The van der Waals surface area contributed by atoms with Crippen molar-refractivity contribution in [3.63, 3.8) is 0 Å². The van der Waals surface area contributed by atoms with Gasteiger partial charge in [0, 0.05) is 19.9 Å². The van der Waals surface area contributed by atoms with Crippen LogP contribution in [0.2, 0.25) is 0 Å². The van der Waals surface area contributed by atoms with Gasteiger partial charge in [-0.15, -0.1) is 0 Å². The zero-order chi connectivity index (χ0) is 9.71. The maximum Gasteiger partial charge on any atom is 0.122 e. The number of hydrogen-bond acceptors (Lipinski definition) is 3. The Bertz CT molecular complexity index is 378. The fraction of sp³-hybridized carbons (Fsp3) is 0.545. The van der Waals surface area contributed by atoms with E-state index in [-0.39, 0.29) is 6.10 Å². The molecule has 1 aromatic rings. The lowest BCUT2D eigenvalue weighted by Gasteiger charge is -2.19. The van der Waals surface area contributed by atoms with Gasteiger partial charge in [-0.1, -0.05) is 0 Å². The lowest BCUT2D eigenvalue weighted by molar-refractivity contribution is 0.107. The van der Waals surface area contributed by atoms with Crippen LogP contribution in [0.3, 0.4) is 0 Å². The number of anilines is 1. The van der Waals surface area contributed by atoms with Gasteiger partial charge in [0.05, 0.1) is 17.4 Å². The van der Waals surface area contributed by atoms with E-state index in [4.69, 9.17) is 4.74 Å². The third kappa shape index (κ3) is 0.932. The lowest BCUT2D eigenvalue weighted by atomic mass is 10.1. The van der Waals surface area contributed by atoms with Crippen LogP contribution in [0.4, 0.5) is 5.69 Å². The summed E-state index contributed by atoms with van der Waals surface area (Å²) < 4.78 is 5.71. The monoisotopic (exact) mass is 190 g/mol. The number of aromatic nitrogens is 1. The molecule has 1 saturated heterocycles. The second-order valence-corrected chi connectivity index (χ2v) is 4.18. The van der Waals surface area contributed by atoms with Gasteiger partial charge in [0.1, 0.15) is 6.10 Å². The number of fused-ring (bicyclic) bond motifs is 3. The van der Waals surface area contributed by atoms with Crippen LogP contribution in [0.25, 0.3) is 0 Å². The molecule has 0 N–H and O–H groups in total. The van der Waals surface area contributed by atoms with Crippen molar-refractivity contribution in [3.8, 4) is 0 Å². The first kappa shape index (κ1) is 8.24. The topological polar surface area (TPSA) is 25.4 Å². The maximum atomic E-state index is 5.71. The average molecular weight is 190 g/mol. The van der Waals surface area contributed by atoms with Crippen molar-refractivity contribution in [2.45, 2.75) is 25.5 Å². The number of nitrogens with zero attached hydrogens (tertiary/aromatic N) is 2. The number of hydrogen-bond donors (Lipinski definition) is 0. The maximum absolute atomic E-state index is 5.71. The van der Waals surface area contributed by atoms with Crippen molar-refractivity contribution in [3.05, 3.63) is 23.5 Å². The van der Waals surface area contributed by atoms with E-state index in [0.717, 1.165) is 18.7 Å². The molecule has 2 aliphatic rings. The summed E-state index contributed by atoms with van der Waals surface area (Å²) in [6.07, 6.45) is 3.27. The minimum absolute atomic E-state index is 0.218. The zero-order valence-electron chi connectivity index (χ0n) is 8.53. The quantitative estimate of drug-likeness (QED) is 0.622. The predicted molar refractivity (Wildman–Crippen MR) is 54.5 cm³/mol. The summed E-state index contributed by atoms with van der Waals surface area (Å²) in [5, 5.41) is 0. The lowest BCUT2D eigenvalue weighted by Crippen LogP contribution is -2.26. The molecule has 2 unspecified atom stereocenters. The van der Waals surface area contributed by atoms with Gasteiger partial charge < -0.3 is 9.64 Å². The highest BCUT2D eigenvalue weighted by atomic mass is 16.5. The van der Waals surface area contributed by atoms with E-state index in [1.54, 1.807) is 0 Å². The first-order chi connectivity index (χ1) is 6.77.